The molecule has 0 saturated heterocycles. The van der Waals surface area contributed by atoms with Gasteiger partial charge in [0, 0.05) is 12.5 Å². The van der Waals surface area contributed by atoms with Gasteiger partial charge in [0.1, 0.15) is 5.01 Å². The third kappa shape index (κ3) is 2.00. The number of rotatable bonds is 2. The predicted molar refractivity (Wildman–Crippen MR) is 52.1 cm³/mol. The van der Waals surface area contributed by atoms with Crippen LogP contribution < -0.4 is 0 Å². The van der Waals surface area contributed by atoms with Crippen molar-refractivity contribution in [1.29, 1.82) is 0 Å². The monoisotopic (exact) mass is 211 g/mol. The topological polar surface area (TPSA) is 59.4 Å². The maximum atomic E-state index is 10.3. The van der Waals surface area contributed by atoms with Gasteiger partial charge in [-0.3, -0.25) is 0 Å². The molecule has 0 unspecified atom stereocenters. The quantitative estimate of drug-likeness (QED) is 0.749. The molecule has 0 aromatic carbocycles. The van der Waals surface area contributed by atoms with Gasteiger partial charge in [0.25, 0.3) is 0 Å². The number of carboxylic acids is 1. The van der Waals surface area contributed by atoms with Crippen molar-refractivity contribution in [1.82, 2.24) is 4.98 Å². The molecule has 1 aliphatic heterocycles. The minimum absolute atomic E-state index is 0.605. The Labute approximate surface area is 84.9 Å². The van der Waals surface area contributed by atoms with E-state index in [1.54, 1.807) is 0 Å². The van der Waals surface area contributed by atoms with E-state index < -0.39 is 5.97 Å². The Morgan fingerprint density at radius 1 is 1.64 bits per heavy atom. The fourth-order valence-electron chi connectivity index (χ4n) is 1.26. The van der Waals surface area contributed by atoms with Crippen LogP contribution in [0.4, 0.5) is 0 Å². The van der Waals surface area contributed by atoms with Gasteiger partial charge < -0.3 is 9.84 Å². The average molecular weight is 211 g/mol. The van der Waals surface area contributed by atoms with Gasteiger partial charge in [0.15, 0.2) is 0 Å². The Morgan fingerprint density at radius 3 is 3.21 bits per heavy atom. The minimum Gasteiger partial charge on any atom is -0.478 e. The lowest BCUT2D eigenvalue weighted by Gasteiger charge is -2.08. The van der Waals surface area contributed by atoms with Crippen LogP contribution >= 0.6 is 11.3 Å². The number of aromatic nitrogens is 1. The van der Waals surface area contributed by atoms with Crippen molar-refractivity contribution < 1.29 is 14.6 Å². The number of carbonyl (C=O) groups is 1. The van der Waals surface area contributed by atoms with E-state index >= 15 is 0 Å². The Bertz CT molecular complexity index is 360. The first-order valence-electron chi connectivity index (χ1n) is 4.23. The normalized spacial score (nSPS) is 15.7. The van der Waals surface area contributed by atoms with Crippen LogP contribution in [0.25, 0.3) is 6.08 Å². The molecule has 0 atom stereocenters. The molecule has 74 valence electrons. The lowest BCUT2D eigenvalue weighted by Crippen LogP contribution is -2.07. The fraction of sp³-hybridized carbons (Fsp3) is 0.333. The third-order valence-electron chi connectivity index (χ3n) is 1.88. The van der Waals surface area contributed by atoms with Crippen molar-refractivity contribution >= 4 is 23.4 Å². The lowest BCUT2D eigenvalue weighted by atomic mass is 10.2. The molecule has 0 saturated carbocycles. The first-order valence-corrected chi connectivity index (χ1v) is 5.04. The third-order valence-corrected chi connectivity index (χ3v) is 2.92. The molecule has 2 heterocycles. The summed E-state index contributed by atoms with van der Waals surface area (Å²) in [5.74, 6) is -0.950. The molecule has 5 heteroatoms. The zero-order chi connectivity index (χ0) is 9.97. The van der Waals surface area contributed by atoms with Crippen molar-refractivity contribution in [2.24, 2.45) is 0 Å². The van der Waals surface area contributed by atoms with E-state index in [0.29, 0.717) is 13.2 Å². The zero-order valence-corrected chi connectivity index (χ0v) is 8.21. The smallest absolute Gasteiger partial charge is 0.328 e. The number of aliphatic carboxylic acids is 1. The standard InChI is InChI=1S/C9H9NO3S/c11-9(12)2-1-8-10-6-3-4-13-5-7(6)14-8/h1-2H,3-5H2,(H,11,12)/b2-1+. The largest absolute Gasteiger partial charge is 0.478 e. The van der Waals surface area contributed by atoms with Crippen LogP contribution in [0.3, 0.4) is 0 Å². The second-order valence-electron chi connectivity index (χ2n) is 2.90. The highest BCUT2D eigenvalue weighted by Gasteiger charge is 2.14. The summed E-state index contributed by atoms with van der Waals surface area (Å²) < 4.78 is 5.26. The summed E-state index contributed by atoms with van der Waals surface area (Å²) in [6.45, 7) is 1.31. The summed E-state index contributed by atoms with van der Waals surface area (Å²) in [5.41, 5.74) is 1.05. The summed E-state index contributed by atoms with van der Waals surface area (Å²) in [6, 6.07) is 0. The first kappa shape index (κ1) is 9.36. The van der Waals surface area contributed by atoms with Crippen molar-refractivity contribution in [3.8, 4) is 0 Å². The first-order chi connectivity index (χ1) is 6.75. The highest BCUT2D eigenvalue weighted by molar-refractivity contribution is 7.12. The Kier molecular flexibility index (Phi) is 2.60. The number of fused-ring (bicyclic) bond motifs is 1. The molecule has 0 spiro atoms. The van der Waals surface area contributed by atoms with E-state index in [9.17, 15) is 4.79 Å². The molecule has 1 aromatic heterocycles. The van der Waals surface area contributed by atoms with Gasteiger partial charge in [-0.1, -0.05) is 0 Å². The van der Waals surface area contributed by atoms with E-state index in [0.717, 1.165) is 28.1 Å². The Balaban J connectivity index is 2.20. The Hall–Kier alpha value is -1.20. The molecule has 2 rings (SSSR count). The molecule has 14 heavy (non-hydrogen) atoms. The molecule has 0 radical (unpaired) electrons. The van der Waals surface area contributed by atoms with Crippen LogP contribution in [0.15, 0.2) is 6.08 Å². The van der Waals surface area contributed by atoms with Crippen molar-refractivity contribution in [2.45, 2.75) is 13.0 Å². The van der Waals surface area contributed by atoms with Crippen LogP contribution in [-0.4, -0.2) is 22.7 Å². The number of hydrogen-bond donors (Lipinski definition) is 1. The summed E-state index contributed by atoms with van der Waals surface area (Å²) >= 11 is 1.49. The number of hydrogen-bond acceptors (Lipinski definition) is 4. The summed E-state index contributed by atoms with van der Waals surface area (Å²) in [5, 5.41) is 9.18. The second kappa shape index (κ2) is 3.89. The maximum absolute atomic E-state index is 10.3. The molecule has 0 amide bonds. The molecule has 4 nitrogen and oxygen atoms in total. The van der Waals surface area contributed by atoms with Gasteiger partial charge in [-0.15, -0.1) is 11.3 Å². The highest BCUT2D eigenvalue weighted by Crippen LogP contribution is 2.24. The molecular weight excluding hydrogens is 202 g/mol. The van der Waals surface area contributed by atoms with Gasteiger partial charge in [0.05, 0.1) is 23.8 Å². The van der Waals surface area contributed by atoms with Crippen molar-refractivity contribution in [2.75, 3.05) is 6.61 Å². The van der Waals surface area contributed by atoms with Crippen LogP contribution in [-0.2, 0) is 22.6 Å². The van der Waals surface area contributed by atoms with Crippen molar-refractivity contribution in [3.05, 3.63) is 21.7 Å². The number of carboxylic acid groups (broad SMARTS) is 1. The molecule has 0 aliphatic carbocycles. The fourth-order valence-corrected chi connectivity index (χ4v) is 2.21. The van der Waals surface area contributed by atoms with E-state index in [2.05, 4.69) is 4.98 Å². The molecule has 1 aliphatic rings. The van der Waals surface area contributed by atoms with E-state index in [1.807, 2.05) is 0 Å². The van der Waals surface area contributed by atoms with Crippen LogP contribution in [0.5, 0.6) is 0 Å². The van der Waals surface area contributed by atoms with E-state index in [1.165, 1.54) is 17.4 Å². The highest BCUT2D eigenvalue weighted by atomic mass is 32.1. The maximum Gasteiger partial charge on any atom is 0.328 e. The molecule has 0 fully saturated rings. The summed E-state index contributed by atoms with van der Waals surface area (Å²) in [7, 11) is 0. The van der Waals surface area contributed by atoms with E-state index in [4.69, 9.17) is 9.84 Å². The lowest BCUT2D eigenvalue weighted by molar-refractivity contribution is -0.131. The van der Waals surface area contributed by atoms with Crippen LogP contribution in [0.1, 0.15) is 15.6 Å². The molecule has 1 N–H and O–H groups in total. The molecule has 0 bridgehead atoms. The van der Waals surface area contributed by atoms with E-state index in [-0.39, 0.29) is 0 Å². The van der Waals surface area contributed by atoms with Gasteiger partial charge >= 0.3 is 5.97 Å². The number of ether oxygens (including phenoxy) is 1. The van der Waals surface area contributed by atoms with Gasteiger partial charge in [-0.05, 0) is 6.08 Å². The SMILES string of the molecule is O=C(O)/C=C/c1nc2c(s1)COCC2. The zero-order valence-electron chi connectivity index (χ0n) is 7.40. The number of thiazole rings is 1. The molecular formula is C9H9NO3S. The van der Waals surface area contributed by atoms with Gasteiger partial charge in [-0.25, -0.2) is 9.78 Å². The Morgan fingerprint density at radius 2 is 2.50 bits per heavy atom. The van der Waals surface area contributed by atoms with Crippen molar-refractivity contribution in [3.63, 3.8) is 0 Å². The van der Waals surface area contributed by atoms with Crippen LogP contribution in [0.2, 0.25) is 0 Å². The average Bonchev–Trinajstić information content (AvgIpc) is 2.57. The summed E-state index contributed by atoms with van der Waals surface area (Å²) in [6.07, 6.45) is 3.45. The minimum atomic E-state index is -0.950. The van der Waals surface area contributed by atoms with Gasteiger partial charge in [-0.2, -0.15) is 0 Å². The second-order valence-corrected chi connectivity index (χ2v) is 4.01. The summed E-state index contributed by atoms with van der Waals surface area (Å²) in [4.78, 5) is 15.7. The number of nitrogens with zero attached hydrogens (tertiary/aromatic N) is 1. The molecule has 1 aromatic rings. The van der Waals surface area contributed by atoms with Gasteiger partial charge in [0.2, 0.25) is 0 Å². The predicted octanol–water partition coefficient (Wildman–Crippen LogP) is 1.31. The van der Waals surface area contributed by atoms with Crippen LogP contribution in [0, 0.1) is 0 Å².